The highest BCUT2D eigenvalue weighted by Crippen LogP contribution is 2.14. The van der Waals surface area contributed by atoms with Crippen LogP contribution in [-0.4, -0.2) is 27.7 Å². The fraction of sp³-hybridized carbons (Fsp3) is 0.235. The van der Waals surface area contributed by atoms with Gasteiger partial charge in [0.05, 0.1) is 12.3 Å². The molecule has 0 atom stereocenters. The Labute approximate surface area is 129 Å². The minimum absolute atomic E-state index is 0.0191. The Morgan fingerprint density at radius 2 is 2.00 bits per heavy atom. The van der Waals surface area contributed by atoms with Gasteiger partial charge < -0.3 is 9.84 Å². The second-order valence-corrected chi connectivity index (χ2v) is 4.74. The zero-order valence-corrected chi connectivity index (χ0v) is 12.4. The van der Waals surface area contributed by atoms with Gasteiger partial charge in [-0.3, -0.25) is 0 Å². The molecule has 0 aliphatic rings. The lowest BCUT2D eigenvalue weighted by Gasteiger charge is -2.05. The number of carboxylic acid groups (broad SMARTS) is 1. The van der Waals surface area contributed by atoms with E-state index in [4.69, 9.17) is 9.84 Å². The molecule has 1 heterocycles. The van der Waals surface area contributed by atoms with Crippen LogP contribution in [0.4, 0.5) is 0 Å². The second kappa shape index (κ2) is 7.93. The van der Waals surface area contributed by atoms with E-state index in [-0.39, 0.29) is 5.69 Å². The molecule has 2 aromatic rings. The zero-order valence-electron chi connectivity index (χ0n) is 12.4. The fourth-order valence-electron chi connectivity index (χ4n) is 1.77. The topological polar surface area (TPSA) is 72.3 Å². The Kier molecular flexibility index (Phi) is 5.65. The molecule has 1 aromatic heterocycles. The summed E-state index contributed by atoms with van der Waals surface area (Å²) in [7, 11) is 0. The summed E-state index contributed by atoms with van der Waals surface area (Å²) in [6, 6.07) is 9.14. The average Bonchev–Trinajstić information content (AvgIpc) is 2.54. The number of unbranched alkanes of at least 4 members (excludes halogenated alkanes) is 1. The standard InChI is InChI=1S/C17H18N2O3/c1-2-3-10-22-15-8-5-13(6-9-15)4-7-14-11-16(17(20)21)19-12-18-14/h4-9,11-12H,2-3,10H2,1H3,(H,20,21). The summed E-state index contributed by atoms with van der Waals surface area (Å²) in [6.07, 6.45) is 7.01. The van der Waals surface area contributed by atoms with Crippen LogP contribution in [0.15, 0.2) is 36.7 Å². The van der Waals surface area contributed by atoms with Gasteiger partial charge in [0.1, 0.15) is 12.1 Å². The highest BCUT2D eigenvalue weighted by Gasteiger charge is 2.04. The molecular formula is C17H18N2O3. The highest BCUT2D eigenvalue weighted by molar-refractivity contribution is 5.86. The van der Waals surface area contributed by atoms with Gasteiger partial charge in [-0.25, -0.2) is 14.8 Å². The predicted molar refractivity (Wildman–Crippen MR) is 84.8 cm³/mol. The Balaban J connectivity index is 2.01. The smallest absolute Gasteiger partial charge is 0.354 e. The normalized spacial score (nSPS) is 10.8. The third kappa shape index (κ3) is 4.70. The van der Waals surface area contributed by atoms with E-state index in [1.54, 1.807) is 6.08 Å². The lowest BCUT2D eigenvalue weighted by atomic mass is 10.2. The molecule has 5 heteroatoms. The number of nitrogens with zero attached hydrogens (tertiary/aromatic N) is 2. The molecule has 22 heavy (non-hydrogen) atoms. The summed E-state index contributed by atoms with van der Waals surface area (Å²) >= 11 is 0. The van der Waals surface area contributed by atoms with Gasteiger partial charge >= 0.3 is 5.97 Å². The predicted octanol–water partition coefficient (Wildman–Crippen LogP) is 3.52. The van der Waals surface area contributed by atoms with Gasteiger partial charge in [-0.05, 0) is 36.3 Å². The Morgan fingerprint density at radius 3 is 2.68 bits per heavy atom. The third-order valence-corrected chi connectivity index (χ3v) is 3.00. The van der Waals surface area contributed by atoms with Crippen LogP contribution in [0.25, 0.3) is 12.2 Å². The van der Waals surface area contributed by atoms with Crippen LogP contribution in [0.5, 0.6) is 5.75 Å². The van der Waals surface area contributed by atoms with E-state index >= 15 is 0 Å². The number of carbonyl (C=O) groups is 1. The van der Waals surface area contributed by atoms with Crippen molar-refractivity contribution < 1.29 is 14.6 Å². The molecular weight excluding hydrogens is 280 g/mol. The maximum Gasteiger partial charge on any atom is 0.354 e. The number of aromatic carboxylic acids is 1. The van der Waals surface area contributed by atoms with Crippen LogP contribution in [0.2, 0.25) is 0 Å². The van der Waals surface area contributed by atoms with E-state index in [1.165, 1.54) is 12.4 Å². The van der Waals surface area contributed by atoms with E-state index in [2.05, 4.69) is 16.9 Å². The van der Waals surface area contributed by atoms with Gasteiger partial charge in [0.2, 0.25) is 0 Å². The first-order valence-corrected chi connectivity index (χ1v) is 7.15. The van der Waals surface area contributed by atoms with E-state index in [1.807, 2.05) is 30.3 Å². The number of rotatable bonds is 7. The molecule has 0 fully saturated rings. The quantitative estimate of drug-likeness (QED) is 0.792. The molecule has 0 aliphatic heterocycles. The van der Waals surface area contributed by atoms with Crippen LogP contribution in [0, 0.1) is 0 Å². The van der Waals surface area contributed by atoms with Gasteiger partial charge in [-0.15, -0.1) is 0 Å². The maximum absolute atomic E-state index is 10.8. The molecule has 0 saturated carbocycles. The molecule has 1 N–H and O–H groups in total. The third-order valence-electron chi connectivity index (χ3n) is 3.00. The van der Waals surface area contributed by atoms with Crippen molar-refractivity contribution in [3.05, 3.63) is 53.6 Å². The minimum atomic E-state index is -1.06. The molecule has 0 bridgehead atoms. The Morgan fingerprint density at radius 1 is 1.23 bits per heavy atom. The summed E-state index contributed by atoms with van der Waals surface area (Å²) in [6.45, 7) is 2.85. The summed E-state index contributed by atoms with van der Waals surface area (Å²) in [4.78, 5) is 18.5. The largest absolute Gasteiger partial charge is 0.494 e. The van der Waals surface area contributed by atoms with Crippen molar-refractivity contribution >= 4 is 18.1 Å². The number of hydrogen-bond acceptors (Lipinski definition) is 4. The number of aromatic nitrogens is 2. The van der Waals surface area contributed by atoms with Crippen molar-refractivity contribution in [1.82, 2.24) is 9.97 Å². The van der Waals surface area contributed by atoms with Gasteiger partial charge in [-0.1, -0.05) is 31.6 Å². The summed E-state index contributed by atoms with van der Waals surface area (Å²) in [5, 5.41) is 8.89. The van der Waals surface area contributed by atoms with Crippen molar-refractivity contribution in [1.29, 1.82) is 0 Å². The molecule has 0 saturated heterocycles. The summed E-state index contributed by atoms with van der Waals surface area (Å²) in [5.41, 5.74) is 1.52. The van der Waals surface area contributed by atoms with Crippen molar-refractivity contribution in [3.63, 3.8) is 0 Å². The van der Waals surface area contributed by atoms with Crippen molar-refractivity contribution in [2.24, 2.45) is 0 Å². The monoisotopic (exact) mass is 298 g/mol. The number of ether oxygens (including phenoxy) is 1. The van der Waals surface area contributed by atoms with Crippen LogP contribution in [-0.2, 0) is 0 Å². The fourth-order valence-corrected chi connectivity index (χ4v) is 1.77. The number of hydrogen-bond donors (Lipinski definition) is 1. The SMILES string of the molecule is CCCCOc1ccc(C=Cc2cc(C(=O)O)ncn2)cc1. The van der Waals surface area contributed by atoms with Crippen LogP contribution < -0.4 is 4.74 Å². The number of benzene rings is 1. The molecule has 0 unspecified atom stereocenters. The van der Waals surface area contributed by atoms with Crippen LogP contribution >= 0.6 is 0 Å². The molecule has 1 aromatic carbocycles. The van der Waals surface area contributed by atoms with Gasteiger partial charge in [0.15, 0.2) is 5.69 Å². The van der Waals surface area contributed by atoms with Crippen molar-refractivity contribution in [2.45, 2.75) is 19.8 Å². The molecule has 0 aliphatic carbocycles. The van der Waals surface area contributed by atoms with Gasteiger partial charge in [0.25, 0.3) is 0 Å². The van der Waals surface area contributed by atoms with Gasteiger partial charge in [-0.2, -0.15) is 0 Å². The van der Waals surface area contributed by atoms with E-state index in [0.717, 1.165) is 30.8 Å². The zero-order chi connectivity index (χ0) is 15.8. The van der Waals surface area contributed by atoms with E-state index in [0.29, 0.717) is 5.69 Å². The molecule has 5 nitrogen and oxygen atoms in total. The number of carboxylic acids is 1. The molecule has 0 spiro atoms. The lowest BCUT2D eigenvalue weighted by molar-refractivity contribution is 0.0690. The van der Waals surface area contributed by atoms with E-state index in [9.17, 15) is 4.79 Å². The highest BCUT2D eigenvalue weighted by atomic mass is 16.5. The second-order valence-electron chi connectivity index (χ2n) is 4.74. The van der Waals surface area contributed by atoms with E-state index < -0.39 is 5.97 Å². The first-order chi connectivity index (χ1) is 10.7. The average molecular weight is 298 g/mol. The summed E-state index contributed by atoms with van der Waals surface area (Å²) < 4.78 is 5.60. The first-order valence-electron chi connectivity index (χ1n) is 7.15. The first kappa shape index (κ1) is 15.7. The molecule has 0 amide bonds. The maximum atomic E-state index is 10.8. The Bertz CT molecular complexity index is 651. The van der Waals surface area contributed by atoms with Crippen LogP contribution in [0.1, 0.15) is 41.5 Å². The molecule has 2 rings (SSSR count). The minimum Gasteiger partial charge on any atom is -0.494 e. The van der Waals surface area contributed by atoms with Crippen molar-refractivity contribution in [3.8, 4) is 5.75 Å². The Hall–Kier alpha value is -2.69. The van der Waals surface area contributed by atoms with Crippen molar-refractivity contribution in [2.75, 3.05) is 6.61 Å². The summed E-state index contributed by atoms with van der Waals surface area (Å²) in [5.74, 6) is -0.216. The lowest BCUT2D eigenvalue weighted by Crippen LogP contribution is -2.00. The van der Waals surface area contributed by atoms with Gasteiger partial charge in [0, 0.05) is 0 Å². The molecule has 114 valence electrons. The molecule has 0 radical (unpaired) electrons. The van der Waals surface area contributed by atoms with Crippen LogP contribution in [0.3, 0.4) is 0 Å².